The third-order valence-electron chi connectivity index (χ3n) is 5.25. The number of rotatable bonds is 7. The van der Waals surface area contributed by atoms with Crippen LogP contribution in [0.2, 0.25) is 0 Å². The average molecular weight is 425 g/mol. The van der Waals surface area contributed by atoms with Gasteiger partial charge in [0.25, 0.3) is 0 Å². The van der Waals surface area contributed by atoms with Crippen molar-refractivity contribution in [2.24, 2.45) is 5.92 Å². The van der Waals surface area contributed by atoms with E-state index < -0.39 is 10.0 Å². The molecule has 0 saturated carbocycles. The molecule has 0 aliphatic heterocycles. The molecule has 0 fully saturated rings. The lowest BCUT2D eigenvalue weighted by atomic mass is 9.84. The molecule has 1 unspecified atom stereocenters. The first-order chi connectivity index (χ1) is 14.4. The Morgan fingerprint density at radius 3 is 2.53 bits per heavy atom. The molecule has 0 bridgehead atoms. The first kappa shape index (κ1) is 20.3. The van der Waals surface area contributed by atoms with Crippen molar-refractivity contribution >= 4 is 27.2 Å². The third kappa shape index (κ3) is 4.60. The smallest absolute Gasteiger partial charge is 0.208 e. The number of carbonyl (C=O) groups is 1. The van der Waals surface area contributed by atoms with Gasteiger partial charge >= 0.3 is 0 Å². The number of Topliss-reactive ketones (excluding diaryl/α,β-unsaturated/α-hetero) is 1. The highest BCUT2D eigenvalue weighted by Gasteiger charge is 2.31. The second-order valence-electron chi connectivity index (χ2n) is 7.61. The summed E-state index contributed by atoms with van der Waals surface area (Å²) < 4.78 is 25.1. The monoisotopic (exact) mass is 424 g/mol. The van der Waals surface area contributed by atoms with Gasteiger partial charge in [0, 0.05) is 42.3 Å². The minimum absolute atomic E-state index is 0.0654. The zero-order valence-electron chi connectivity index (χ0n) is 16.7. The quantitative estimate of drug-likeness (QED) is 0.538. The van der Waals surface area contributed by atoms with Crippen molar-refractivity contribution in [3.63, 3.8) is 0 Å². The Bertz CT molecular complexity index is 1140. The number of hydrogen-bond donors (Lipinski definition) is 3. The Morgan fingerprint density at radius 2 is 1.83 bits per heavy atom. The van der Waals surface area contributed by atoms with Crippen LogP contribution in [0.1, 0.15) is 28.9 Å². The molecule has 2 aromatic heterocycles. The molecule has 0 spiro atoms. The van der Waals surface area contributed by atoms with E-state index in [1.54, 1.807) is 12.4 Å². The molecule has 156 valence electrons. The fourth-order valence-corrected chi connectivity index (χ4v) is 4.40. The first-order valence-electron chi connectivity index (χ1n) is 9.86. The number of nitrogens with one attached hydrogen (secondary N) is 3. The predicted octanol–water partition coefficient (Wildman–Crippen LogP) is 3.50. The average Bonchev–Trinajstić information content (AvgIpc) is 3.07. The van der Waals surface area contributed by atoms with E-state index in [4.69, 9.17) is 0 Å². The van der Waals surface area contributed by atoms with Crippen molar-refractivity contribution in [2.45, 2.75) is 19.3 Å². The molecule has 3 aromatic rings. The molecule has 1 aliphatic rings. The Kier molecular flexibility index (Phi) is 5.69. The van der Waals surface area contributed by atoms with E-state index in [0.29, 0.717) is 31.4 Å². The maximum Gasteiger partial charge on any atom is 0.208 e. The summed E-state index contributed by atoms with van der Waals surface area (Å²) in [4.78, 5) is 20.6. The number of anilines is 2. The lowest BCUT2D eigenvalue weighted by Crippen LogP contribution is -2.27. The number of H-pyrrole nitrogens is 1. The molecule has 1 aliphatic carbocycles. The van der Waals surface area contributed by atoms with E-state index >= 15 is 0 Å². The molecule has 1 atom stereocenters. The van der Waals surface area contributed by atoms with Gasteiger partial charge in [0.1, 0.15) is 0 Å². The van der Waals surface area contributed by atoms with Crippen molar-refractivity contribution in [3.8, 4) is 11.3 Å². The number of pyridine rings is 1. The summed E-state index contributed by atoms with van der Waals surface area (Å²) in [7, 11) is -3.23. The van der Waals surface area contributed by atoms with Crippen LogP contribution in [-0.4, -0.2) is 37.0 Å². The largest absolute Gasteiger partial charge is 0.356 e. The number of sulfonamides is 1. The number of para-hydroxylation sites is 1. The highest BCUT2D eigenvalue weighted by Crippen LogP contribution is 2.40. The second kappa shape index (κ2) is 8.41. The number of ketones is 1. The van der Waals surface area contributed by atoms with Gasteiger partial charge in [-0.05, 0) is 43.0 Å². The Labute approximate surface area is 176 Å². The maximum atomic E-state index is 13.1. The van der Waals surface area contributed by atoms with Crippen LogP contribution in [0.25, 0.3) is 11.3 Å². The van der Waals surface area contributed by atoms with Gasteiger partial charge in [-0.1, -0.05) is 18.2 Å². The van der Waals surface area contributed by atoms with Crippen molar-refractivity contribution in [1.82, 2.24) is 14.7 Å². The minimum atomic E-state index is -3.23. The van der Waals surface area contributed by atoms with E-state index in [9.17, 15) is 13.2 Å². The summed E-state index contributed by atoms with van der Waals surface area (Å²) in [6.07, 6.45) is 6.30. The maximum absolute atomic E-state index is 13.1. The van der Waals surface area contributed by atoms with Crippen LogP contribution in [0.4, 0.5) is 11.4 Å². The molecule has 30 heavy (non-hydrogen) atoms. The molecule has 1 aromatic carbocycles. The molecular weight excluding hydrogens is 400 g/mol. The van der Waals surface area contributed by atoms with Gasteiger partial charge in [-0.25, -0.2) is 13.1 Å². The predicted molar refractivity (Wildman–Crippen MR) is 117 cm³/mol. The number of aromatic amines is 1. The molecule has 8 heteroatoms. The zero-order valence-corrected chi connectivity index (χ0v) is 17.5. The zero-order chi connectivity index (χ0) is 21.1. The number of benzene rings is 1. The molecule has 0 saturated heterocycles. The van der Waals surface area contributed by atoms with Gasteiger partial charge in [0.2, 0.25) is 10.0 Å². The summed E-state index contributed by atoms with van der Waals surface area (Å²) in [5, 5.41) is 3.42. The SMILES string of the molecule is CS(=O)(=O)NCCC1CC(=O)c2c([nH]c(-c3ccncc3)c2Nc2ccccc2)C1. The van der Waals surface area contributed by atoms with Crippen molar-refractivity contribution in [2.75, 3.05) is 18.1 Å². The lowest BCUT2D eigenvalue weighted by Gasteiger charge is -2.22. The summed E-state index contributed by atoms with van der Waals surface area (Å²) >= 11 is 0. The number of aromatic nitrogens is 2. The summed E-state index contributed by atoms with van der Waals surface area (Å²) in [5.41, 5.74) is 5.07. The van der Waals surface area contributed by atoms with Gasteiger partial charge in [-0.15, -0.1) is 0 Å². The van der Waals surface area contributed by atoms with Gasteiger partial charge in [-0.2, -0.15) is 0 Å². The second-order valence-corrected chi connectivity index (χ2v) is 9.44. The Morgan fingerprint density at radius 1 is 1.10 bits per heavy atom. The van der Waals surface area contributed by atoms with Gasteiger partial charge in [0.05, 0.1) is 23.2 Å². The third-order valence-corrected chi connectivity index (χ3v) is 5.98. The van der Waals surface area contributed by atoms with E-state index in [1.807, 2.05) is 42.5 Å². The van der Waals surface area contributed by atoms with Gasteiger partial charge < -0.3 is 10.3 Å². The lowest BCUT2D eigenvalue weighted by molar-refractivity contribution is 0.0947. The van der Waals surface area contributed by atoms with Gasteiger partial charge in [0.15, 0.2) is 5.78 Å². The van der Waals surface area contributed by atoms with Crippen LogP contribution < -0.4 is 10.0 Å². The summed E-state index contributed by atoms with van der Waals surface area (Å²) in [5.74, 6) is 0.156. The molecule has 0 amide bonds. The number of nitrogens with zero attached hydrogens (tertiary/aromatic N) is 1. The molecule has 7 nitrogen and oxygen atoms in total. The highest BCUT2D eigenvalue weighted by atomic mass is 32.2. The topological polar surface area (TPSA) is 104 Å². The van der Waals surface area contributed by atoms with Crippen LogP contribution in [0, 0.1) is 5.92 Å². The fraction of sp³-hybridized carbons (Fsp3) is 0.273. The number of carbonyl (C=O) groups excluding carboxylic acids is 1. The van der Waals surface area contributed by atoms with Crippen molar-refractivity contribution in [3.05, 3.63) is 66.1 Å². The first-order valence-corrected chi connectivity index (χ1v) is 11.7. The molecule has 0 radical (unpaired) electrons. The van der Waals surface area contributed by atoms with Crippen molar-refractivity contribution < 1.29 is 13.2 Å². The number of fused-ring (bicyclic) bond motifs is 1. The van der Waals surface area contributed by atoms with Crippen LogP contribution in [0.3, 0.4) is 0 Å². The molecule has 3 N–H and O–H groups in total. The normalized spacial score (nSPS) is 16.3. The summed E-state index contributed by atoms with van der Waals surface area (Å²) in [6, 6.07) is 13.6. The van der Waals surface area contributed by atoms with Crippen LogP contribution in [0.5, 0.6) is 0 Å². The van der Waals surface area contributed by atoms with Gasteiger partial charge in [-0.3, -0.25) is 9.78 Å². The Hall–Kier alpha value is -2.97. The summed E-state index contributed by atoms with van der Waals surface area (Å²) in [6.45, 7) is 0.332. The minimum Gasteiger partial charge on any atom is -0.356 e. The van der Waals surface area contributed by atoms with Crippen LogP contribution in [0.15, 0.2) is 54.9 Å². The van der Waals surface area contributed by atoms with E-state index in [2.05, 4.69) is 20.0 Å². The fourth-order valence-electron chi connectivity index (χ4n) is 3.92. The van der Waals surface area contributed by atoms with E-state index in [1.165, 1.54) is 0 Å². The molecule has 2 heterocycles. The molecule has 4 rings (SSSR count). The molecular formula is C22H24N4O3S. The van der Waals surface area contributed by atoms with E-state index in [-0.39, 0.29) is 11.7 Å². The van der Waals surface area contributed by atoms with Crippen LogP contribution >= 0.6 is 0 Å². The van der Waals surface area contributed by atoms with E-state index in [0.717, 1.165) is 34.6 Å². The van der Waals surface area contributed by atoms with Crippen LogP contribution in [-0.2, 0) is 16.4 Å². The Balaban J connectivity index is 1.66. The number of hydrogen-bond acceptors (Lipinski definition) is 5. The highest BCUT2D eigenvalue weighted by molar-refractivity contribution is 7.88. The van der Waals surface area contributed by atoms with Crippen molar-refractivity contribution in [1.29, 1.82) is 0 Å². The standard InChI is InChI=1S/C22H24N4O3S/c1-30(28,29)24-12-7-15-13-18-20(19(27)14-15)22(25-17-5-3-2-4-6-17)21(26-18)16-8-10-23-11-9-16/h2-6,8-11,15,24-26H,7,12-14H2,1H3.